The molecule has 3 rings (SSSR count). The number of amides is 2. The molecule has 32 heavy (non-hydrogen) atoms. The second-order valence-corrected chi connectivity index (χ2v) is 9.08. The minimum Gasteiger partial charge on any atom is -0.360 e. The summed E-state index contributed by atoms with van der Waals surface area (Å²) in [6, 6.07) is 8.80. The summed E-state index contributed by atoms with van der Waals surface area (Å²) in [7, 11) is -4.02. The molecule has 0 unspecified atom stereocenters. The third kappa shape index (κ3) is 5.67. The third-order valence-electron chi connectivity index (χ3n) is 4.89. The van der Waals surface area contributed by atoms with Gasteiger partial charge < -0.3 is 15.4 Å². The minimum absolute atomic E-state index is 0.0246. The van der Waals surface area contributed by atoms with Crippen LogP contribution in [0.1, 0.15) is 17.5 Å². The van der Waals surface area contributed by atoms with Gasteiger partial charge in [-0.3, -0.25) is 9.59 Å². The van der Waals surface area contributed by atoms with Gasteiger partial charge in [-0.2, -0.15) is 4.31 Å². The molecule has 0 bridgehead atoms. The second-order valence-electron chi connectivity index (χ2n) is 7.22. The van der Waals surface area contributed by atoms with Crippen molar-refractivity contribution < 1.29 is 31.5 Å². The van der Waals surface area contributed by atoms with Crippen LogP contribution in [0.3, 0.4) is 0 Å². The number of hydrogen-bond donors (Lipinski definition) is 2. The van der Waals surface area contributed by atoms with Crippen LogP contribution in [0.25, 0.3) is 0 Å². The zero-order valence-electron chi connectivity index (χ0n) is 17.3. The van der Waals surface area contributed by atoms with Gasteiger partial charge >= 0.3 is 11.8 Å². The van der Waals surface area contributed by atoms with Crippen molar-refractivity contribution in [3.8, 4) is 0 Å². The Balaban J connectivity index is 1.61. The first-order valence-electron chi connectivity index (χ1n) is 9.88. The van der Waals surface area contributed by atoms with Gasteiger partial charge in [0.05, 0.1) is 18.0 Å². The quantitative estimate of drug-likeness (QED) is 0.626. The van der Waals surface area contributed by atoms with E-state index in [2.05, 4.69) is 10.6 Å². The van der Waals surface area contributed by atoms with E-state index in [0.717, 1.165) is 16.4 Å². The number of aryl methyl sites for hydroxylation is 1. The summed E-state index contributed by atoms with van der Waals surface area (Å²) >= 11 is 0. The van der Waals surface area contributed by atoms with Gasteiger partial charge in [0.15, 0.2) is 0 Å². The van der Waals surface area contributed by atoms with E-state index >= 15 is 0 Å². The van der Waals surface area contributed by atoms with Crippen molar-refractivity contribution in [2.24, 2.45) is 0 Å². The maximum absolute atomic E-state index is 13.4. The van der Waals surface area contributed by atoms with Crippen LogP contribution in [0.15, 0.2) is 47.4 Å². The molecule has 1 heterocycles. The van der Waals surface area contributed by atoms with Crippen molar-refractivity contribution in [2.75, 3.05) is 19.7 Å². The first-order chi connectivity index (χ1) is 15.2. The molecule has 0 aliphatic carbocycles. The normalized spacial score (nSPS) is 17.0. The van der Waals surface area contributed by atoms with Gasteiger partial charge in [-0.25, -0.2) is 17.2 Å². The maximum atomic E-state index is 13.4. The van der Waals surface area contributed by atoms with Gasteiger partial charge in [0, 0.05) is 13.1 Å². The molecular weight excluding hydrogens is 444 g/mol. The van der Waals surface area contributed by atoms with Crippen LogP contribution in [0.4, 0.5) is 8.78 Å². The smallest absolute Gasteiger partial charge is 0.309 e. The van der Waals surface area contributed by atoms with E-state index in [1.54, 1.807) is 0 Å². The Bertz CT molecular complexity index is 1090. The zero-order chi connectivity index (χ0) is 23.3. The molecule has 2 aromatic carbocycles. The number of carbonyl (C=O) groups excluding carboxylic acids is 2. The second kappa shape index (κ2) is 10.2. The highest BCUT2D eigenvalue weighted by molar-refractivity contribution is 7.89. The predicted molar refractivity (Wildman–Crippen MR) is 111 cm³/mol. The fourth-order valence-corrected chi connectivity index (χ4v) is 5.03. The van der Waals surface area contributed by atoms with Gasteiger partial charge in [-0.1, -0.05) is 12.1 Å². The van der Waals surface area contributed by atoms with Crippen molar-refractivity contribution in [1.82, 2.24) is 14.9 Å². The maximum Gasteiger partial charge on any atom is 0.309 e. The molecule has 1 fully saturated rings. The number of rotatable bonds is 6. The van der Waals surface area contributed by atoms with E-state index < -0.39 is 39.7 Å². The number of nitrogens with zero attached hydrogens (tertiary/aromatic N) is 1. The van der Waals surface area contributed by atoms with Crippen LogP contribution in [0.2, 0.25) is 0 Å². The summed E-state index contributed by atoms with van der Waals surface area (Å²) in [6.45, 7) is 1.70. The summed E-state index contributed by atoms with van der Waals surface area (Å²) in [4.78, 5) is 24.1. The molecular formula is C21H23F2N3O5S. The number of sulfonamides is 1. The Kier molecular flexibility index (Phi) is 7.54. The van der Waals surface area contributed by atoms with Crippen LogP contribution in [-0.2, 0) is 30.9 Å². The molecule has 1 atom stereocenters. The van der Waals surface area contributed by atoms with E-state index in [1.807, 2.05) is 0 Å². The molecule has 172 valence electrons. The van der Waals surface area contributed by atoms with E-state index in [4.69, 9.17) is 4.74 Å². The molecule has 0 saturated carbocycles. The van der Waals surface area contributed by atoms with Crippen LogP contribution < -0.4 is 10.6 Å². The van der Waals surface area contributed by atoms with Crippen LogP contribution in [-0.4, -0.2) is 50.5 Å². The molecule has 1 aliphatic rings. The van der Waals surface area contributed by atoms with Gasteiger partial charge in [0.2, 0.25) is 10.0 Å². The van der Waals surface area contributed by atoms with E-state index in [1.165, 1.54) is 37.3 Å². The lowest BCUT2D eigenvalue weighted by atomic mass is 10.2. The molecule has 11 heteroatoms. The third-order valence-corrected chi connectivity index (χ3v) is 6.94. The van der Waals surface area contributed by atoms with Crippen molar-refractivity contribution in [3.63, 3.8) is 0 Å². The fourth-order valence-electron chi connectivity index (χ4n) is 3.26. The van der Waals surface area contributed by atoms with Crippen molar-refractivity contribution >= 4 is 21.8 Å². The first kappa shape index (κ1) is 23.8. The van der Waals surface area contributed by atoms with Crippen LogP contribution in [0, 0.1) is 18.6 Å². The highest BCUT2D eigenvalue weighted by Crippen LogP contribution is 2.25. The summed E-state index contributed by atoms with van der Waals surface area (Å²) in [5, 5.41) is 4.78. The molecule has 0 spiro atoms. The summed E-state index contributed by atoms with van der Waals surface area (Å²) in [6.07, 6.45) is -0.575. The topological polar surface area (TPSA) is 105 Å². The van der Waals surface area contributed by atoms with Crippen molar-refractivity contribution in [1.29, 1.82) is 0 Å². The molecule has 2 aromatic rings. The molecule has 1 saturated heterocycles. The summed E-state index contributed by atoms with van der Waals surface area (Å²) < 4.78 is 59.1. The minimum atomic E-state index is -4.02. The number of carbonyl (C=O) groups is 2. The molecule has 2 N–H and O–H groups in total. The van der Waals surface area contributed by atoms with Gasteiger partial charge in [-0.05, 0) is 54.8 Å². The lowest BCUT2D eigenvalue weighted by Crippen LogP contribution is -2.53. The van der Waals surface area contributed by atoms with Gasteiger partial charge in [-0.15, -0.1) is 0 Å². The lowest BCUT2D eigenvalue weighted by Gasteiger charge is -2.34. The SMILES string of the molecule is Cc1cc(F)ccc1S(=O)(=O)N1CCCO[C@H]1CNC(=O)C(=O)NCc1ccc(F)cc1. The lowest BCUT2D eigenvalue weighted by molar-refractivity contribution is -0.140. The molecule has 0 aromatic heterocycles. The Morgan fingerprint density at radius 3 is 2.41 bits per heavy atom. The molecule has 2 amide bonds. The Labute approximate surface area is 184 Å². The standard InChI is InChI=1S/C21H23F2N3O5S/c1-14-11-17(23)7-8-18(14)32(29,30)26-9-2-10-31-19(26)13-25-21(28)20(27)24-12-15-3-5-16(22)6-4-15/h3-8,11,19H,2,9-10,12-13H2,1H3,(H,24,27)(H,25,28)/t19-/m0/s1. The molecule has 0 radical (unpaired) electrons. The van der Waals surface area contributed by atoms with Crippen LogP contribution >= 0.6 is 0 Å². The number of ether oxygens (including phenoxy) is 1. The highest BCUT2D eigenvalue weighted by Gasteiger charge is 2.35. The summed E-state index contributed by atoms with van der Waals surface area (Å²) in [5.41, 5.74) is 0.855. The highest BCUT2D eigenvalue weighted by atomic mass is 32.2. The van der Waals surface area contributed by atoms with Crippen molar-refractivity contribution in [2.45, 2.75) is 31.0 Å². The van der Waals surface area contributed by atoms with Crippen molar-refractivity contribution in [3.05, 3.63) is 65.2 Å². The fraction of sp³-hybridized carbons (Fsp3) is 0.333. The number of benzene rings is 2. The monoisotopic (exact) mass is 467 g/mol. The van der Waals surface area contributed by atoms with Crippen LogP contribution in [0.5, 0.6) is 0 Å². The number of hydrogen-bond acceptors (Lipinski definition) is 5. The number of halogens is 2. The average Bonchev–Trinajstić information content (AvgIpc) is 2.76. The zero-order valence-corrected chi connectivity index (χ0v) is 18.1. The predicted octanol–water partition coefficient (Wildman–Crippen LogP) is 1.44. The summed E-state index contributed by atoms with van der Waals surface area (Å²) in [5.74, 6) is -2.85. The number of nitrogens with one attached hydrogen (secondary N) is 2. The molecule has 1 aliphatic heterocycles. The van der Waals surface area contributed by atoms with Gasteiger partial charge in [0.1, 0.15) is 17.9 Å². The van der Waals surface area contributed by atoms with Gasteiger partial charge in [0.25, 0.3) is 0 Å². The van der Waals surface area contributed by atoms with E-state index in [-0.39, 0.29) is 36.7 Å². The van der Waals surface area contributed by atoms with E-state index in [0.29, 0.717) is 12.0 Å². The first-order valence-corrected chi connectivity index (χ1v) is 11.3. The Morgan fingerprint density at radius 1 is 1.06 bits per heavy atom. The van der Waals surface area contributed by atoms with E-state index in [9.17, 15) is 26.8 Å². The Hall–Kier alpha value is -2.89. The average molecular weight is 467 g/mol. The Morgan fingerprint density at radius 2 is 1.72 bits per heavy atom. The largest absolute Gasteiger partial charge is 0.360 e. The molecule has 8 nitrogen and oxygen atoms in total.